The maximum atomic E-state index is 4.53. The molecule has 0 N–H and O–H groups in total. The Balaban J connectivity index is 1.76. The molecule has 3 heteroatoms. The number of hydrogen-bond acceptors (Lipinski definition) is 2. The van der Waals surface area contributed by atoms with Gasteiger partial charge in [-0.15, -0.1) is 0 Å². The molecule has 3 rings (SSSR count). The second-order valence-corrected chi connectivity index (χ2v) is 5.47. The van der Waals surface area contributed by atoms with Crippen molar-refractivity contribution < 1.29 is 0 Å². The van der Waals surface area contributed by atoms with Gasteiger partial charge in [0.25, 0.3) is 0 Å². The minimum Gasteiger partial charge on any atom is -0.301 e. The number of rotatable bonds is 2. The van der Waals surface area contributed by atoms with E-state index in [0.29, 0.717) is 11.6 Å². The van der Waals surface area contributed by atoms with Crippen molar-refractivity contribution in [2.45, 2.75) is 50.6 Å². The third-order valence-electron chi connectivity index (χ3n) is 4.49. The Labute approximate surface area is 97.4 Å². The van der Waals surface area contributed by atoms with Crippen molar-refractivity contribution in [3.05, 3.63) is 18.0 Å². The summed E-state index contributed by atoms with van der Waals surface area (Å²) in [5.74, 6) is 0. The summed E-state index contributed by atoms with van der Waals surface area (Å²) in [5, 5.41) is 4.53. The van der Waals surface area contributed by atoms with E-state index in [1.165, 1.54) is 37.8 Å². The van der Waals surface area contributed by atoms with E-state index in [0.717, 1.165) is 6.42 Å². The van der Waals surface area contributed by atoms with Crippen LogP contribution in [0.5, 0.6) is 0 Å². The van der Waals surface area contributed by atoms with Crippen LogP contribution in [-0.2, 0) is 6.42 Å². The minimum absolute atomic E-state index is 0.543. The smallest absolute Gasteiger partial charge is 0.0549 e. The molecule has 2 heterocycles. The Morgan fingerprint density at radius 1 is 1.50 bits per heavy atom. The van der Waals surface area contributed by atoms with Crippen molar-refractivity contribution in [2.75, 3.05) is 13.6 Å². The SMILES string of the molecule is CCc1cnn(C2CCN(C)C3(CC3)C2)c1. The van der Waals surface area contributed by atoms with Gasteiger partial charge < -0.3 is 4.90 Å². The summed E-state index contributed by atoms with van der Waals surface area (Å²) in [6, 6.07) is 0.638. The zero-order valence-electron chi connectivity index (χ0n) is 10.3. The summed E-state index contributed by atoms with van der Waals surface area (Å²) in [6.07, 6.45) is 10.7. The van der Waals surface area contributed by atoms with Crippen molar-refractivity contribution in [3.8, 4) is 0 Å². The van der Waals surface area contributed by atoms with E-state index in [1.807, 2.05) is 6.20 Å². The zero-order chi connectivity index (χ0) is 11.2. The molecule has 88 valence electrons. The molecule has 1 saturated carbocycles. The van der Waals surface area contributed by atoms with Gasteiger partial charge in [-0.1, -0.05) is 6.92 Å². The summed E-state index contributed by atoms with van der Waals surface area (Å²) >= 11 is 0. The van der Waals surface area contributed by atoms with Crippen LogP contribution in [0.4, 0.5) is 0 Å². The topological polar surface area (TPSA) is 21.1 Å². The first-order valence-electron chi connectivity index (χ1n) is 6.48. The second-order valence-electron chi connectivity index (χ2n) is 5.47. The number of hydrogen-bond donors (Lipinski definition) is 0. The summed E-state index contributed by atoms with van der Waals surface area (Å²) in [4.78, 5) is 2.56. The second kappa shape index (κ2) is 3.59. The van der Waals surface area contributed by atoms with Crippen molar-refractivity contribution in [3.63, 3.8) is 0 Å². The predicted molar refractivity (Wildman–Crippen MR) is 64.5 cm³/mol. The highest BCUT2D eigenvalue weighted by Crippen LogP contribution is 2.50. The lowest BCUT2D eigenvalue weighted by atomic mass is 9.96. The van der Waals surface area contributed by atoms with Gasteiger partial charge in [0.05, 0.1) is 12.2 Å². The maximum absolute atomic E-state index is 4.53. The lowest BCUT2D eigenvalue weighted by Gasteiger charge is -2.37. The molecule has 1 aliphatic carbocycles. The zero-order valence-corrected chi connectivity index (χ0v) is 10.3. The monoisotopic (exact) mass is 219 g/mol. The van der Waals surface area contributed by atoms with Crippen molar-refractivity contribution >= 4 is 0 Å². The van der Waals surface area contributed by atoms with E-state index >= 15 is 0 Å². The summed E-state index contributed by atoms with van der Waals surface area (Å²) < 4.78 is 2.21. The van der Waals surface area contributed by atoms with Crippen LogP contribution in [0, 0.1) is 0 Å². The van der Waals surface area contributed by atoms with Gasteiger partial charge in [-0.3, -0.25) is 4.68 Å². The molecule has 2 aliphatic rings. The van der Waals surface area contributed by atoms with Crippen LogP contribution in [0.2, 0.25) is 0 Å². The lowest BCUT2D eigenvalue weighted by molar-refractivity contribution is 0.121. The third-order valence-corrected chi connectivity index (χ3v) is 4.49. The first-order valence-corrected chi connectivity index (χ1v) is 6.48. The number of aromatic nitrogens is 2. The van der Waals surface area contributed by atoms with Crippen LogP contribution in [0.3, 0.4) is 0 Å². The van der Waals surface area contributed by atoms with Crippen LogP contribution in [-0.4, -0.2) is 33.8 Å². The quantitative estimate of drug-likeness (QED) is 0.760. The maximum Gasteiger partial charge on any atom is 0.0549 e. The van der Waals surface area contributed by atoms with Gasteiger partial charge in [0.1, 0.15) is 0 Å². The van der Waals surface area contributed by atoms with Crippen LogP contribution < -0.4 is 0 Å². The van der Waals surface area contributed by atoms with E-state index in [9.17, 15) is 0 Å². The average molecular weight is 219 g/mol. The molecule has 0 aromatic carbocycles. The van der Waals surface area contributed by atoms with Gasteiger partial charge in [0.15, 0.2) is 0 Å². The van der Waals surface area contributed by atoms with E-state index in [-0.39, 0.29) is 0 Å². The molecule has 1 atom stereocenters. The van der Waals surface area contributed by atoms with Gasteiger partial charge in [-0.2, -0.15) is 5.10 Å². The number of aryl methyl sites for hydroxylation is 1. The number of nitrogens with zero attached hydrogens (tertiary/aromatic N) is 3. The molecule has 1 aromatic heterocycles. The van der Waals surface area contributed by atoms with E-state index in [2.05, 4.69) is 34.8 Å². The molecule has 1 aromatic rings. The standard InChI is InChI=1S/C13H21N3/c1-3-11-9-14-16(10-11)12-4-7-15(2)13(8-12)5-6-13/h9-10,12H,3-8H2,1-2H3. The molecule has 2 fully saturated rings. The normalized spacial score (nSPS) is 28.5. The molecular weight excluding hydrogens is 198 g/mol. The Kier molecular flexibility index (Phi) is 2.32. The van der Waals surface area contributed by atoms with Crippen LogP contribution in [0.15, 0.2) is 12.4 Å². The number of likely N-dealkylation sites (tertiary alicyclic amines) is 1. The average Bonchev–Trinajstić information content (AvgIpc) is 2.91. The Morgan fingerprint density at radius 2 is 2.31 bits per heavy atom. The summed E-state index contributed by atoms with van der Waals surface area (Å²) in [5.41, 5.74) is 1.91. The molecule has 16 heavy (non-hydrogen) atoms. The predicted octanol–water partition coefficient (Wildman–Crippen LogP) is 2.24. The van der Waals surface area contributed by atoms with Crippen LogP contribution in [0.1, 0.15) is 44.2 Å². The highest BCUT2D eigenvalue weighted by Gasteiger charge is 2.50. The molecule has 0 bridgehead atoms. The van der Waals surface area contributed by atoms with Crippen LogP contribution >= 0.6 is 0 Å². The molecule has 1 aliphatic heterocycles. The largest absolute Gasteiger partial charge is 0.301 e. The van der Waals surface area contributed by atoms with Crippen molar-refractivity contribution in [2.24, 2.45) is 0 Å². The van der Waals surface area contributed by atoms with Gasteiger partial charge in [-0.05, 0) is 44.7 Å². The molecule has 1 saturated heterocycles. The number of piperidine rings is 1. The molecular formula is C13H21N3. The van der Waals surface area contributed by atoms with E-state index in [1.54, 1.807) is 0 Å². The van der Waals surface area contributed by atoms with Gasteiger partial charge in [0.2, 0.25) is 0 Å². The van der Waals surface area contributed by atoms with Gasteiger partial charge in [-0.25, -0.2) is 0 Å². The van der Waals surface area contributed by atoms with Crippen LogP contribution in [0.25, 0.3) is 0 Å². The molecule has 3 nitrogen and oxygen atoms in total. The van der Waals surface area contributed by atoms with Gasteiger partial charge in [0, 0.05) is 18.3 Å². The van der Waals surface area contributed by atoms with Crippen molar-refractivity contribution in [1.29, 1.82) is 0 Å². The minimum atomic E-state index is 0.543. The molecule has 1 unspecified atom stereocenters. The Hall–Kier alpha value is -0.830. The fraction of sp³-hybridized carbons (Fsp3) is 0.769. The Bertz CT molecular complexity index is 378. The summed E-state index contributed by atoms with van der Waals surface area (Å²) in [7, 11) is 2.28. The lowest BCUT2D eigenvalue weighted by Crippen LogP contribution is -2.42. The van der Waals surface area contributed by atoms with Gasteiger partial charge >= 0.3 is 0 Å². The molecule has 0 radical (unpaired) electrons. The first-order chi connectivity index (χ1) is 7.73. The van der Waals surface area contributed by atoms with Crippen molar-refractivity contribution in [1.82, 2.24) is 14.7 Å². The third kappa shape index (κ3) is 1.58. The molecule has 1 spiro atoms. The summed E-state index contributed by atoms with van der Waals surface area (Å²) in [6.45, 7) is 3.42. The highest BCUT2D eigenvalue weighted by molar-refractivity contribution is 5.09. The fourth-order valence-electron chi connectivity index (χ4n) is 2.99. The van der Waals surface area contributed by atoms with E-state index < -0.39 is 0 Å². The highest BCUT2D eigenvalue weighted by atomic mass is 15.3. The fourth-order valence-corrected chi connectivity index (χ4v) is 2.99. The van der Waals surface area contributed by atoms with E-state index in [4.69, 9.17) is 0 Å². The Morgan fingerprint density at radius 3 is 2.94 bits per heavy atom. The molecule has 0 amide bonds. The first kappa shape index (κ1) is 10.3.